The van der Waals surface area contributed by atoms with Gasteiger partial charge in [-0.1, -0.05) is 0 Å². The lowest BCUT2D eigenvalue weighted by Crippen LogP contribution is -2.27. The number of ether oxygens (including phenoxy) is 1. The quantitative estimate of drug-likeness (QED) is 0.859. The van der Waals surface area contributed by atoms with Crippen LogP contribution in [0.5, 0.6) is 5.88 Å². The molecule has 0 aliphatic heterocycles. The summed E-state index contributed by atoms with van der Waals surface area (Å²) in [7, 11) is 0. The Morgan fingerprint density at radius 1 is 1.26 bits per heavy atom. The fourth-order valence-corrected chi connectivity index (χ4v) is 2.54. The molecule has 106 valence electrons. The van der Waals surface area contributed by atoms with E-state index in [0.29, 0.717) is 23.2 Å². The molecule has 0 unspecified atom stereocenters. The van der Waals surface area contributed by atoms with Crippen LogP contribution in [-0.4, -0.2) is 27.5 Å². The van der Waals surface area contributed by atoms with Gasteiger partial charge in [-0.25, -0.2) is 4.98 Å². The van der Waals surface area contributed by atoms with Gasteiger partial charge in [-0.15, -0.1) is 11.6 Å². The highest BCUT2D eigenvalue weighted by atomic mass is 35.5. The van der Waals surface area contributed by atoms with Gasteiger partial charge in [-0.2, -0.15) is 4.98 Å². The van der Waals surface area contributed by atoms with Crippen LogP contribution in [0.3, 0.4) is 0 Å². The van der Waals surface area contributed by atoms with E-state index in [0.717, 1.165) is 31.4 Å². The first kappa shape index (κ1) is 14.4. The minimum absolute atomic E-state index is 0.119. The SMILES string of the molecule is Cc1cc(OC(C)C)nc(NC2CCC(Cl)CC2)n1. The molecule has 0 radical (unpaired) electrons. The Bertz CT molecular complexity index is 417. The summed E-state index contributed by atoms with van der Waals surface area (Å²) in [6.45, 7) is 5.94. The van der Waals surface area contributed by atoms with Crippen molar-refractivity contribution in [1.82, 2.24) is 9.97 Å². The summed E-state index contributed by atoms with van der Waals surface area (Å²) in [5.74, 6) is 1.30. The lowest BCUT2D eigenvalue weighted by Gasteiger charge is -2.26. The summed E-state index contributed by atoms with van der Waals surface area (Å²) in [6, 6.07) is 2.28. The number of nitrogens with zero attached hydrogens (tertiary/aromatic N) is 2. The number of aromatic nitrogens is 2. The van der Waals surface area contributed by atoms with Gasteiger partial charge in [-0.3, -0.25) is 0 Å². The lowest BCUT2D eigenvalue weighted by molar-refractivity contribution is 0.232. The van der Waals surface area contributed by atoms with Gasteiger partial charge in [0.25, 0.3) is 0 Å². The van der Waals surface area contributed by atoms with E-state index < -0.39 is 0 Å². The molecule has 1 saturated carbocycles. The van der Waals surface area contributed by atoms with Crippen LogP contribution < -0.4 is 10.1 Å². The molecule has 1 aliphatic rings. The second kappa shape index (κ2) is 6.42. The van der Waals surface area contributed by atoms with Crippen LogP contribution in [0.2, 0.25) is 0 Å². The minimum atomic E-state index is 0.119. The Labute approximate surface area is 119 Å². The fourth-order valence-electron chi connectivity index (χ4n) is 2.29. The van der Waals surface area contributed by atoms with Crippen molar-refractivity contribution in [3.63, 3.8) is 0 Å². The van der Waals surface area contributed by atoms with E-state index in [1.165, 1.54) is 0 Å². The molecule has 2 rings (SSSR count). The number of hydrogen-bond acceptors (Lipinski definition) is 4. The number of anilines is 1. The van der Waals surface area contributed by atoms with Gasteiger partial charge in [0.05, 0.1) is 6.10 Å². The van der Waals surface area contributed by atoms with Crippen molar-refractivity contribution in [3.8, 4) is 5.88 Å². The van der Waals surface area contributed by atoms with E-state index in [-0.39, 0.29) is 6.10 Å². The molecule has 1 aromatic rings. The van der Waals surface area contributed by atoms with Crippen molar-refractivity contribution >= 4 is 17.5 Å². The second-order valence-corrected chi connectivity index (χ2v) is 6.05. The summed E-state index contributed by atoms with van der Waals surface area (Å²) in [5.41, 5.74) is 0.916. The number of hydrogen-bond donors (Lipinski definition) is 1. The van der Waals surface area contributed by atoms with Crippen molar-refractivity contribution < 1.29 is 4.74 Å². The smallest absolute Gasteiger partial charge is 0.226 e. The Balaban J connectivity index is 2.01. The average Bonchev–Trinajstić information content (AvgIpc) is 2.30. The maximum atomic E-state index is 6.11. The van der Waals surface area contributed by atoms with Crippen molar-refractivity contribution in [2.75, 3.05) is 5.32 Å². The summed E-state index contributed by atoms with van der Waals surface area (Å²) in [5, 5.41) is 3.72. The van der Waals surface area contributed by atoms with E-state index >= 15 is 0 Å². The van der Waals surface area contributed by atoms with E-state index in [4.69, 9.17) is 16.3 Å². The van der Waals surface area contributed by atoms with Crippen molar-refractivity contribution in [1.29, 1.82) is 0 Å². The zero-order valence-corrected chi connectivity index (χ0v) is 12.6. The molecular formula is C14H22ClN3O. The third-order valence-electron chi connectivity index (χ3n) is 3.18. The van der Waals surface area contributed by atoms with Crippen LogP contribution in [0.15, 0.2) is 6.07 Å². The molecule has 0 bridgehead atoms. The van der Waals surface area contributed by atoms with E-state index in [9.17, 15) is 0 Å². The van der Waals surface area contributed by atoms with Crippen molar-refractivity contribution in [3.05, 3.63) is 11.8 Å². The summed E-state index contributed by atoms with van der Waals surface area (Å²) in [6.07, 6.45) is 4.38. The molecule has 0 saturated heterocycles. The normalized spacial score (nSPS) is 23.4. The standard InChI is InChI=1S/C14H22ClN3O/c1-9(2)19-13-8-10(3)16-14(18-13)17-12-6-4-11(15)5-7-12/h8-9,11-12H,4-7H2,1-3H3,(H,16,17,18). The van der Waals surface area contributed by atoms with Crippen LogP contribution >= 0.6 is 11.6 Å². The first-order valence-electron chi connectivity index (χ1n) is 6.96. The summed E-state index contributed by atoms with van der Waals surface area (Å²) in [4.78, 5) is 8.83. The number of nitrogens with one attached hydrogen (secondary N) is 1. The summed E-state index contributed by atoms with van der Waals surface area (Å²) < 4.78 is 5.63. The number of alkyl halides is 1. The molecule has 4 nitrogen and oxygen atoms in total. The average molecular weight is 284 g/mol. The van der Waals surface area contributed by atoms with Gasteiger partial charge < -0.3 is 10.1 Å². The molecule has 1 heterocycles. The highest BCUT2D eigenvalue weighted by Crippen LogP contribution is 2.25. The van der Waals surface area contributed by atoms with Crippen LogP contribution in [0, 0.1) is 6.92 Å². The third kappa shape index (κ3) is 4.53. The number of aryl methyl sites for hydroxylation is 1. The predicted octanol–water partition coefficient (Wildman–Crippen LogP) is 3.53. The maximum absolute atomic E-state index is 6.11. The lowest BCUT2D eigenvalue weighted by atomic mass is 9.95. The van der Waals surface area contributed by atoms with E-state index in [1.54, 1.807) is 0 Å². The molecule has 0 atom stereocenters. The van der Waals surface area contributed by atoms with Gasteiger partial charge in [0.2, 0.25) is 11.8 Å². The molecule has 1 fully saturated rings. The zero-order valence-electron chi connectivity index (χ0n) is 11.8. The van der Waals surface area contributed by atoms with Crippen LogP contribution in [-0.2, 0) is 0 Å². The largest absolute Gasteiger partial charge is 0.475 e. The molecule has 0 aromatic carbocycles. The molecule has 19 heavy (non-hydrogen) atoms. The Morgan fingerprint density at radius 3 is 2.58 bits per heavy atom. The molecule has 0 spiro atoms. The van der Waals surface area contributed by atoms with Crippen LogP contribution in [0.4, 0.5) is 5.95 Å². The molecule has 1 aromatic heterocycles. The zero-order chi connectivity index (χ0) is 13.8. The number of rotatable bonds is 4. The topological polar surface area (TPSA) is 47.0 Å². The fraction of sp³-hybridized carbons (Fsp3) is 0.714. The van der Waals surface area contributed by atoms with Crippen LogP contribution in [0.25, 0.3) is 0 Å². The Kier molecular flexibility index (Phi) is 4.86. The Hall–Kier alpha value is -1.03. The molecule has 5 heteroatoms. The van der Waals surface area contributed by atoms with E-state index in [1.807, 2.05) is 26.8 Å². The van der Waals surface area contributed by atoms with Gasteiger partial charge in [0.1, 0.15) is 0 Å². The second-order valence-electron chi connectivity index (χ2n) is 5.43. The molecule has 0 amide bonds. The molecule has 1 N–H and O–H groups in total. The number of halogens is 1. The van der Waals surface area contributed by atoms with Gasteiger partial charge in [0.15, 0.2) is 0 Å². The highest BCUT2D eigenvalue weighted by Gasteiger charge is 2.20. The monoisotopic (exact) mass is 283 g/mol. The molecular weight excluding hydrogens is 262 g/mol. The molecule has 1 aliphatic carbocycles. The third-order valence-corrected chi connectivity index (χ3v) is 3.61. The van der Waals surface area contributed by atoms with Crippen LogP contribution in [0.1, 0.15) is 45.2 Å². The predicted molar refractivity (Wildman–Crippen MR) is 78.1 cm³/mol. The summed E-state index contributed by atoms with van der Waals surface area (Å²) >= 11 is 6.11. The van der Waals surface area contributed by atoms with Crippen molar-refractivity contribution in [2.24, 2.45) is 0 Å². The minimum Gasteiger partial charge on any atom is -0.475 e. The first-order valence-corrected chi connectivity index (χ1v) is 7.39. The van der Waals surface area contributed by atoms with Crippen molar-refractivity contribution in [2.45, 2.75) is 64.0 Å². The van der Waals surface area contributed by atoms with E-state index in [2.05, 4.69) is 15.3 Å². The van der Waals surface area contributed by atoms with Gasteiger partial charge in [0, 0.05) is 23.2 Å². The maximum Gasteiger partial charge on any atom is 0.226 e. The Morgan fingerprint density at radius 2 is 1.95 bits per heavy atom. The highest BCUT2D eigenvalue weighted by molar-refractivity contribution is 6.20. The van der Waals surface area contributed by atoms with Gasteiger partial charge in [-0.05, 0) is 46.5 Å². The first-order chi connectivity index (χ1) is 9.02. The van der Waals surface area contributed by atoms with Gasteiger partial charge >= 0.3 is 0 Å².